The number of likely N-dealkylation sites (tertiary alicyclic amines) is 2. The summed E-state index contributed by atoms with van der Waals surface area (Å²) in [5, 5.41) is 0. The van der Waals surface area contributed by atoms with Crippen LogP contribution in [0.2, 0.25) is 0 Å². The Morgan fingerprint density at radius 3 is 2.73 bits per heavy atom. The second kappa shape index (κ2) is 9.21. The fraction of sp³-hybridized carbons (Fsp3) is 0.538. The fourth-order valence-corrected chi connectivity index (χ4v) is 5.47. The van der Waals surface area contributed by atoms with Crippen LogP contribution in [0.15, 0.2) is 36.5 Å². The summed E-state index contributed by atoms with van der Waals surface area (Å²) in [6.07, 6.45) is 6.30. The second-order valence-electron chi connectivity index (χ2n) is 9.43. The standard InChI is InChI=1S/C26H32N4O3/c1-2-13-30-18-21(8-9-22(30)31)25(32)29-14-11-26(12-15-29)23-20(10-16-33-26)17-27-24(28-23)19-6-4-3-5-7-19/h3-7,17,21H,2,8-16,18H2,1H3. The van der Waals surface area contributed by atoms with Crippen LogP contribution in [0.4, 0.5) is 0 Å². The van der Waals surface area contributed by atoms with Crippen molar-refractivity contribution in [1.29, 1.82) is 0 Å². The highest BCUT2D eigenvalue weighted by Crippen LogP contribution is 2.41. The monoisotopic (exact) mass is 448 g/mol. The van der Waals surface area contributed by atoms with Crippen molar-refractivity contribution >= 4 is 11.8 Å². The maximum atomic E-state index is 13.3. The maximum Gasteiger partial charge on any atom is 0.227 e. The summed E-state index contributed by atoms with van der Waals surface area (Å²) >= 11 is 0. The third kappa shape index (κ3) is 4.26. The topological polar surface area (TPSA) is 75.6 Å². The number of hydrogen-bond donors (Lipinski definition) is 0. The lowest BCUT2D eigenvalue weighted by atomic mass is 9.82. The summed E-state index contributed by atoms with van der Waals surface area (Å²) in [5.74, 6) is 0.997. The molecule has 4 heterocycles. The van der Waals surface area contributed by atoms with Gasteiger partial charge in [-0.15, -0.1) is 0 Å². The van der Waals surface area contributed by atoms with Crippen LogP contribution in [0, 0.1) is 5.92 Å². The van der Waals surface area contributed by atoms with Crippen LogP contribution in [0.5, 0.6) is 0 Å². The van der Waals surface area contributed by atoms with E-state index in [2.05, 4.69) is 11.9 Å². The van der Waals surface area contributed by atoms with Crippen molar-refractivity contribution in [3.05, 3.63) is 47.8 Å². The summed E-state index contributed by atoms with van der Waals surface area (Å²) in [7, 11) is 0. The molecule has 0 N–H and O–H groups in total. The van der Waals surface area contributed by atoms with E-state index in [1.54, 1.807) is 0 Å². The number of carbonyl (C=O) groups is 2. The van der Waals surface area contributed by atoms with Crippen molar-refractivity contribution in [3.63, 3.8) is 0 Å². The average molecular weight is 449 g/mol. The Bertz CT molecular complexity index is 1020. The molecule has 1 unspecified atom stereocenters. The van der Waals surface area contributed by atoms with Gasteiger partial charge < -0.3 is 14.5 Å². The average Bonchev–Trinajstić information content (AvgIpc) is 2.86. The number of nitrogens with zero attached hydrogens (tertiary/aromatic N) is 4. The van der Waals surface area contributed by atoms with Crippen molar-refractivity contribution in [1.82, 2.24) is 19.8 Å². The molecule has 1 atom stereocenters. The van der Waals surface area contributed by atoms with Gasteiger partial charge in [0.2, 0.25) is 11.8 Å². The van der Waals surface area contributed by atoms with Gasteiger partial charge in [0.1, 0.15) is 5.60 Å². The minimum atomic E-state index is -0.451. The van der Waals surface area contributed by atoms with E-state index in [1.165, 1.54) is 0 Å². The first kappa shape index (κ1) is 22.0. The van der Waals surface area contributed by atoms with Crippen molar-refractivity contribution in [3.8, 4) is 11.4 Å². The summed E-state index contributed by atoms with van der Waals surface area (Å²) in [6, 6.07) is 10.0. The molecule has 0 saturated carbocycles. The molecular weight excluding hydrogens is 416 g/mol. The highest BCUT2D eigenvalue weighted by molar-refractivity contribution is 5.84. The summed E-state index contributed by atoms with van der Waals surface area (Å²) in [4.78, 5) is 38.9. The van der Waals surface area contributed by atoms with E-state index in [-0.39, 0.29) is 17.7 Å². The molecule has 2 aromatic rings. The number of amides is 2. The molecule has 3 aliphatic heterocycles. The lowest BCUT2D eigenvalue weighted by Gasteiger charge is -2.45. The minimum Gasteiger partial charge on any atom is -0.368 e. The van der Waals surface area contributed by atoms with Gasteiger partial charge in [0.05, 0.1) is 18.2 Å². The molecule has 0 radical (unpaired) electrons. The quantitative estimate of drug-likeness (QED) is 0.718. The lowest BCUT2D eigenvalue weighted by molar-refractivity contribution is -0.149. The number of piperidine rings is 2. The first-order valence-electron chi connectivity index (χ1n) is 12.2. The molecule has 174 valence electrons. The van der Waals surface area contributed by atoms with Gasteiger partial charge in [-0.1, -0.05) is 37.3 Å². The number of rotatable bonds is 4. The van der Waals surface area contributed by atoms with E-state index in [1.807, 2.05) is 46.3 Å². The zero-order chi connectivity index (χ0) is 22.8. The summed E-state index contributed by atoms with van der Waals surface area (Å²) < 4.78 is 6.38. The van der Waals surface area contributed by atoms with Crippen LogP contribution in [-0.2, 0) is 26.3 Å². The largest absolute Gasteiger partial charge is 0.368 e. The van der Waals surface area contributed by atoms with Gasteiger partial charge in [0, 0.05) is 44.4 Å². The molecule has 2 saturated heterocycles. The second-order valence-corrected chi connectivity index (χ2v) is 9.43. The Balaban J connectivity index is 1.31. The molecule has 1 aromatic heterocycles. The molecule has 33 heavy (non-hydrogen) atoms. The molecular formula is C26H32N4O3. The number of aromatic nitrogens is 2. The van der Waals surface area contributed by atoms with Crippen LogP contribution in [0.25, 0.3) is 11.4 Å². The first-order valence-corrected chi connectivity index (χ1v) is 12.2. The van der Waals surface area contributed by atoms with Crippen molar-refractivity contribution in [2.24, 2.45) is 5.92 Å². The van der Waals surface area contributed by atoms with Gasteiger partial charge in [-0.3, -0.25) is 9.59 Å². The molecule has 7 nitrogen and oxygen atoms in total. The van der Waals surface area contributed by atoms with Crippen molar-refractivity contribution in [2.75, 3.05) is 32.8 Å². The van der Waals surface area contributed by atoms with E-state index < -0.39 is 5.60 Å². The molecule has 5 rings (SSSR count). The van der Waals surface area contributed by atoms with Crippen molar-refractivity contribution < 1.29 is 14.3 Å². The third-order valence-corrected chi connectivity index (χ3v) is 7.30. The van der Waals surface area contributed by atoms with Crippen LogP contribution >= 0.6 is 0 Å². The molecule has 0 bridgehead atoms. The smallest absolute Gasteiger partial charge is 0.227 e. The summed E-state index contributed by atoms with van der Waals surface area (Å²) in [6.45, 7) is 5.32. The van der Waals surface area contributed by atoms with E-state index in [0.29, 0.717) is 39.1 Å². The fourth-order valence-electron chi connectivity index (χ4n) is 5.47. The third-order valence-electron chi connectivity index (χ3n) is 7.30. The molecule has 3 aliphatic rings. The molecule has 7 heteroatoms. The zero-order valence-electron chi connectivity index (χ0n) is 19.3. The molecule has 1 spiro atoms. The zero-order valence-corrected chi connectivity index (χ0v) is 19.3. The Labute approximate surface area is 195 Å². The van der Waals surface area contributed by atoms with Gasteiger partial charge in [-0.25, -0.2) is 9.97 Å². The predicted octanol–water partition coefficient (Wildman–Crippen LogP) is 3.18. The Morgan fingerprint density at radius 1 is 1.18 bits per heavy atom. The van der Waals surface area contributed by atoms with Gasteiger partial charge >= 0.3 is 0 Å². The molecule has 1 aromatic carbocycles. The number of fused-ring (bicyclic) bond motifs is 2. The van der Waals surface area contributed by atoms with Gasteiger partial charge in [0.15, 0.2) is 5.82 Å². The Hall–Kier alpha value is -2.80. The minimum absolute atomic E-state index is 0.0881. The van der Waals surface area contributed by atoms with Crippen molar-refractivity contribution in [2.45, 2.75) is 51.0 Å². The Kier molecular flexibility index (Phi) is 6.15. The highest BCUT2D eigenvalue weighted by Gasteiger charge is 2.44. The van der Waals surface area contributed by atoms with Crippen LogP contribution in [0.1, 0.15) is 50.3 Å². The van der Waals surface area contributed by atoms with Gasteiger partial charge in [-0.2, -0.15) is 0 Å². The van der Waals surface area contributed by atoms with Crippen LogP contribution in [0.3, 0.4) is 0 Å². The van der Waals surface area contributed by atoms with E-state index in [0.717, 1.165) is 54.9 Å². The number of carbonyl (C=O) groups excluding carboxylic acids is 2. The molecule has 2 amide bonds. The summed E-state index contributed by atoms with van der Waals surface area (Å²) in [5.41, 5.74) is 2.69. The van der Waals surface area contributed by atoms with Crippen LogP contribution < -0.4 is 0 Å². The predicted molar refractivity (Wildman–Crippen MR) is 124 cm³/mol. The van der Waals surface area contributed by atoms with E-state index in [9.17, 15) is 9.59 Å². The first-order chi connectivity index (χ1) is 16.1. The number of hydrogen-bond acceptors (Lipinski definition) is 5. The molecule has 0 aliphatic carbocycles. The maximum absolute atomic E-state index is 13.3. The number of benzene rings is 1. The van der Waals surface area contributed by atoms with E-state index in [4.69, 9.17) is 9.72 Å². The Morgan fingerprint density at radius 2 is 1.97 bits per heavy atom. The van der Waals surface area contributed by atoms with Crippen LogP contribution in [-0.4, -0.2) is 64.4 Å². The highest BCUT2D eigenvalue weighted by atomic mass is 16.5. The van der Waals surface area contributed by atoms with Gasteiger partial charge in [-0.05, 0) is 37.7 Å². The molecule has 2 fully saturated rings. The number of ether oxygens (including phenoxy) is 1. The SMILES string of the molecule is CCCN1CC(C(=O)N2CCC3(CC2)OCCc2cnc(-c4ccccc4)nc23)CCC1=O. The van der Waals surface area contributed by atoms with E-state index >= 15 is 0 Å². The van der Waals surface area contributed by atoms with Gasteiger partial charge in [0.25, 0.3) is 0 Å². The normalized spacial score (nSPS) is 22.3. The lowest BCUT2D eigenvalue weighted by Crippen LogP contribution is -2.52.